The molecule has 4 nitrogen and oxygen atoms in total. The van der Waals surface area contributed by atoms with Gasteiger partial charge in [0.05, 0.1) is 0 Å². The third-order valence-corrected chi connectivity index (χ3v) is 2.64. The van der Waals surface area contributed by atoms with Gasteiger partial charge in [-0.3, -0.25) is 9.59 Å². The molecule has 1 aromatic carbocycles. The Morgan fingerprint density at radius 1 is 1.32 bits per heavy atom. The van der Waals surface area contributed by atoms with Crippen LogP contribution in [-0.4, -0.2) is 10.9 Å². The molecule has 2 N–H and O–H groups in total. The third kappa shape index (κ3) is 3.28. The van der Waals surface area contributed by atoms with Crippen LogP contribution in [-0.2, 0) is 6.54 Å². The van der Waals surface area contributed by atoms with E-state index >= 15 is 0 Å². The van der Waals surface area contributed by atoms with Gasteiger partial charge in [0.1, 0.15) is 11.4 Å². The lowest BCUT2D eigenvalue weighted by atomic mass is 10.2. The second-order valence-electron chi connectivity index (χ2n) is 4.20. The van der Waals surface area contributed by atoms with Crippen LogP contribution in [0.3, 0.4) is 0 Å². The van der Waals surface area contributed by atoms with Gasteiger partial charge >= 0.3 is 0 Å². The highest BCUT2D eigenvalue weighted by Crippen LogP contribution is 2.03. The van der Waals surface area contributed by atoms with E-state index in [4.69, 9.17) is 0 Å². The van der Waals surface area contributed by atoms with Crippen LogP contribution in [0.15, 0.2) is 41.2 Å². The Morgan fingerprint density at radius 3 is 2.79 bits per heavy atom. The maximum absolute atomic E-state index is 13.0. The molecule has 0 aliphatic heterocycles. The first-order valence-corrected chi connectivity index (χ1v) is 5.79. The predicted octanol–water partition coefficient (Wildman–Crippen LogP) is 1.75. The average Bonchev–Trinajstić information content (AvgIpc) is 2.36. The number of carbonyl (C=O) groups excluding carboxylic acids is 1. The van der Waals surface area contributed by atoms with Gasteiger partial charge in [0.25, 0.3) is 11.5 Å². The van der Waals surface area contributed by atoms with Crippen LogP contribution in [0.5, 0.6) is 0 Å². The highest BCUT2D eigenvalue weighted by Gasteiger charge is 2.09. The monoisotopic (exact) mass is 260 g/mol. The van der Waals surface area contributed by atoms with E-state index in [9.17, 15) is 14.0 Å². The Balaban J connectivity index is 2.07. The normalized spacial score (nSPS) is 10.2. The number of hydrogen-bond donors (Lipinski definition) is 2. The van der Waals surface area contributed by atoms with Crippen molar-refractivity contribution in [2.45, 2.75) is 13.5 Å². The molecule has 2 rings (SSSR count). The quantitative estimate of drug-likeness (QED) is 0.883. The van der Waals surface area contributed by atoms with Crippen LogP contribution < -0.4 is 10.9 Å². The van der Waals surface area contributed by atoms with Crippen LogP contribution >= 0.6 is 0 Å². The predicted molar refractivity (Wildman–Crippen MR) is 69.4 cm³/mol. The van der Waals surface area contributed by atoms with Crippen molar-refractivity contribution in [2.75, 3.05) is 0 Å². The van der Waals surface area contributed by atoms with Crippen LogP contribution in [0.2, 0.25) is 0 Å². The molecule has 0 saturated carbocycles. The molecule has 5 heteroatoms. The van der Waals surface area contributed by atoms with E-state index in [0.717, 1.165) is 0 Å². The Kier molecular flexibility index (Phi) is 3.75. The summed E-state index contributed by atoms with van der Waals surface area (Å²) >= 11 is 0. The third-order valence-electron chi connectivity index (χ3n) is 2.64. The summed E-state index contributed by atoms with van der Waals surface area (Å²) < 4.78 is 13.0. The SMILES string of the molecule is Cc1ccc(C(=O)NCc2cccc(F)c2)c(=O)[nH]1. The van der Waals surface area contributed by atoms with Gasteiger partial charge in [0.15, 0.2) is 0 Å². The molecule has 0 bridgehead atoms. The van der Waals surface area contributed by atoms with E-state index in [2.05, 4.69) is 10.3 Å². The molecule has 0 aliphatic rings. The maximum Gasteiger partial charge on any atom is 0.260 e. The molecule has 0 aliphatic carbocycles. The molecule has 1 amide bonds. The Hall–Kier alpha value is -2.43. The number of aryl methyl sites for hydroxylation is 1. The van der Waals surface area contributed by atoms with E-state index in [1.54, 1.807) is 25.1 Å². The number of benzene rings is 1. The number of amides is 1. The Morgan fingerprint density at radius 2 is 2.11 bits per heavy atom. The number of H-pyrrole nitrogens is 1. The van der Waals surface area contributed by atoms with Crippen molar-refractivity contribution in [1.29, 1.82) is 0 Å². The number of halogens is 1. The second kappa shape index (κ2) is 5.48. The van der Waals surface area contributed by atoms with Gasteiger partial charge in [-0.2, -0.15) is 0 Å². The molecule has 2 aromatic rings. The lowest BCUT2D eigenvalue weighted by Crippen LogP contribution is -2.29. The van der Waals surface area contributed by atoms with E-state index in [-0.39, 0.29) is 17.9 Å². The first-order valence-electron chi connectivity index (χ1n) is 5.79. The molecule has 0 saturated heterocycles. The second-order valence-corrected chi connectivity index (χ2v) is 4.20. The summed E-state index contributed by atoms with van der Waals surface area (Å²) in [4.78, 5) is 25.9. The van der Waals surface area contributed by atoms with Crippen LogP contribution in [0.4, 0.5) is 4.39 Å². The summed E-state index contributed by atoms with van der Waals surface area (Å²) in [5.41, 5.74) is 0.933. The molecule has 19 heavy (non-hydrogen) atoms. The number of rotatable bonds is 3. The highest BCUT2D eigenvalue weighted by molar-refractivity contribution is 5.93. The van der Waals surface area contributed by atoms with E-state index in [0.29, 0.717) is 11.3 Å². The number of nitrogens with one attached hydrogen (secondary N) is 2. The first-order chi connectivity index (χ1) is 9.06. The lowest BCUT2D eigenvalue weighted by molar-refractivity contribution is 0.0949. The number of hydrogen-bond acceptors (Lipinski definition) is 2. The van der Waals surface area contributed by atoms with E-state index in [1.165, 1.54) is 18.2 Å². The van der Waals surface area contributed by atoms with E-state index < -0.39 is 11.5 Å². The molecule has 0 atom stereocenters. The molecule has 0 spiro atoms. The van der Waals surface area contributed by atoms with Crippen molar-refractivity contribution >= 4 is 5.91 Å². The maximum atomic E-state index is 13.0. The molecule has 1 aromatic heterocycles. The summed E-state index contributed by atoms with van der Waals surface area (Å²) in [6.45, 7) is 1.90. The summed E-state index contributed by atoms with van der Waals surface area (Å²) in [7, 11) is 0. The van der Waals surface area contributed by atoms with Gasteiger partial charge in [-0.05, 0) is 36.8 Å². The highest BCUT2D eigenvalue weighted by atomic mass is 19.1. The summed E-state index contributed by atoms with van der Waals surface area (Å²) in [6.07, 6.45) is 0. The molecule has 0 unspecified atom stereocenters. The van der Waals surface area contributed by atoms with Gasteiger partial charge < -0.3 is 10.3 Å². The standard InChI is InChI=1S/C14H13FN2O2/c1-9-5-6-12(14(19)17-9)13(18)16-8-10-3-2-4-11(15)7-10/h2-7H,8H2,1H3,(H,16,18)(H,17,19). The molecule has 0 fully saturated rings. The fraction of sp³-hybridized carbons (Fsp3) is 0.143. The van der Waals surface area contributed by atoms with Crippen molar-refractivity contribution in [3.8, 4) is 0 Å². The minimum Gasteiger partial charge on any atom is -0.348 e. The molecule has 98 valence electrons. The zero-order valence-electron chi connectivity index (χ0n) is 10.4. The van der Waals surface area contributed by atoms with Gasteiger partial charge in [-0.25, -0.2) is 4.39 Å². The van der Waals surface area contributed by atoms with Crippen LogP contribution in [0.1, 0.15) is 21.6 Å². The van der Waals surface area contributed by atoms with Crippen LogP contribution in [0.25, 0.3) is 0 Å². The molecule has 1 heterocycles. The molecular weight excluding hydrogens is 247 g/mol. The fourth-order valence-electron chi connectivity index (χ4n) is 1.68. The van der Waals surface area contributed by atoms with Gasteiger partial charge in [0.2, 0.25) is 0 Å². The Bertz CT molecular complexity index is 664. The molecule has 0 radical (unpaired) electrons. The average molecular weight is 260 g/mol. The van der Waals surface area contributed by atoms with Crippen molar-refractivity contribution in [1.82, 2.24) is 10.3 Å². The van der Waals surface area contributed by atoms with Crippen molar-refractivity contribution in [3.63, 3.8) is 0 Å². The smallest absolute Gasteiger partial charge is 0.260 e. The summed E-state index contributed by atoms with van der Waals surface area (Å²) in [5.74, 6) is -0.842. The van der Waals surface area contributed by atoms with Crippen LogP contribution in [0, 0.1) is 12.7 Å². The van der Waals surface area contributed by atoms with Crippen molar-refractivity contribution < 1.29 is 9.18 Å². The first kappa shape index (κ1) is 13.0. The topological polar surface area (TPSA) is 62.0 Å². The largest absolute Gasteiger partial charge is 0.348 e. The summed E-state index contributed by atoms with van der Waals surface area (Å²) in [6, 6.07) is 9.04. The van der Waals surface area contributed by atoms with Crippen molar-refractivity contribution in [3.05, 3.63) is 69.4 Å². The minimum absolute atomic E-state index is 0.0435. The van der Waals surface area contributed by atoms with Gasteiger partial charge in [-0.1, -0.05) is 12.1 Å². The minimum atomic E-state index is -0.481. The van der Waals surface area contributed by atoms with Gasteiger partial charge in [0, 0.05) is 12.2 Å². The van der Waals surface area contributed by atoms with Crippen molar-refractivity contribution in [2.24, 2.45) is 0 Å². The van der Waals surface area contributed by atoms with Gasteiger partial charge in [-0.15, -0.1) is 0 Å². The lowest BCUT2D eigenvalue weighted by Gasteiger charge is -2.05. The number of carbonyl (C=O) groups is 1. The fourth-order valence-corrected chi connectivity index (χ4v) is 1.68. The van der Waals surface area contributed by atoms with E-state index in [1.807, 2.05) is 0 Å². The summed E-state index contributed by atoms with van der Waals surface area (Å²) in [5, 5.41) is 2.58. The molecular formula is C14H13FN2O2. The number of aromatic amines is 1. The zero-order valence-corrected chi connectivity index (χ0v) is 10.4. The number of pyridine rings is 1. The Labute approximate surface area is 109 Å². The zero-order chi connectivity index (χ0) is 13.8. The number of aromatic nitrogens is 1.